The van der Waals surface area contributed by atoms with Gasteiger partial charge in [-0.2, -0.15) is 5.10 Å². The maximum atomic E-state index is 11.6. The van der Waals surface area contributed by atoms with Gasteiger partial charge in [0.1, 0.15) is 5.82 Å². The van der Waals surface area contributed by atoms with Crippen molar-refractivity contribution in [1.82, 2.24) is 9.78 Å². The fraction of sp³-hybridized carbons (Fsp3) is 0.273. The highest BCUT2D eigenvalue weighted by molar-refractivity contribution is 7.10. The van der Waals surface area contributed by atoms with Gasteiger partial charge in [0.25, 0.3) is 0 Å². The molecule has 0 fully saturated rings. The van der Waals surface area contributed by atoms with Crippen LogP contribution >= 0.6 is 11.3 Å². The quantitative estimate of drug-likeness (QED) is 0.818. The predicted octanol–water partition coefficient (Wildman–Crippen LogP) is 1.96. The van der Waals surface area contributed by atoms with E-state index in [2.05, 4.69) is 16.5 Å². The summed E-state index contributed by atoms with van der Waals surface area (Å²) >= 11 is 1.69. The molecule has 16 heavy (non-hydrogen) atoms. The molecular weight excluding hydrogens is 222 g/mol. The van der Waals surface area contributed by atoms with Crippen LogP contribution in [0.2, 0.25) is 0 Å². The number of nitrogens with zero attached hydrogens (tertiary/aromatic N) is 2. The molecule has 0 bridgehead atoms. The number of carbonyl (C=O) groups is 1. The lowest BCUT2D eigenvalue weighted by Crippen LogP contribution is -2.23. The number of rotatable bonds is 1. The molecule has 5 heteroatoms. The Kier molecular flexibility index (Phi) is 2.07. The standard InChI is InChI=1S/C11H11N3OS/c1-14-11-8(6-12-14)7(5-10(15)13-11)9-3-2-4-16-9/h2-4,6-7H,5H2,1H3,(H,13,15)/t7-/m1/s1. The number of amides is 1. The maximum absolute atomic E-state index is 11.6. The molecule has 1 amide bonds. The second kappa shape index (κ2) is 3.45. The molecule has 2 aromatic heterocycles. The van der Waals surface area contributed by atoms with Crippen LogP contribution < -0.4 is 5.32 Å². The van der Waals surface area contributed by atoms with E-state index in [1.165, 1.54) is 4.88 Å². The molecule has 0 aliphatic carbocycles. The lowest BCUT2D eigenvalue weighted by molar-refractivity contribution is -0.116. The fourth-order valence-electron chi connectivity index (χ4n) is 2.08. The van der Waals surface area contributed by atoms with Crippen molar-refractivity contribution >= 4 is 23.1 Å². The van der Waals surface area contributed by atoms with Gasteiger partial charge in [0.15, 0.2) is 0 Å². The van der Waals surface area contributed by atoms with Gasteiger partial charge < -0.3 is 5.32 Å². The Morgan fingerprint density at radius 3 is 3.25 bits per heavy atom. The average molecular weight is 233 g/mol. The van der Waals surface area contributed by atoms with Crippen molar-refractivity contribution in [1.29, 1.82) is 0 Å². The van der Waals surface area contributed by atoms with Crippen molar-refractivity contribution in [3.63, 3.8) is 0 Å². The molecule has 1 aliphatic heterocycles. The molecule has 2 aromatic rings. The molecule has 4 nitrogen and oxygen atoms in total. The highest BCUT2D eigenvalue weighted by Gasteiger charge is 2.29. The molecule has 1 N–H and O–H groups in total. The van der Waals surface area contributed by atoms with Crippen LogP contribution in [0.3, 0.4) is 0 Å². The van der Waals surface area contributed by atoms with Gasteiger partial charge in [-0.3, -0.25) is 9.48 Å². The first-order valence-electron chi connectivity index (χ1n) is 5.11. The van der Waals surface area contributed by atoms with Crippen molar-refractivity contribution in [2.75, 3.05) is 5.32 Å². The van der Waals surface area contributed by atoms with Gasteiger partial charge in [-0.25, -0.2) is 0 Å². The summed E-state index contributed by atoms with van der Waals surface area (Å²) in [5, 5.41) is 9.11. The number of anilines is 1. The summed E-state index contributed by atoms with van der Waals surface area (Å²) in [4.78, 5) is 12.9. The van der Waals surface area contributed by atoms with E-state index >= 15 is 0 Å². The Morgan fingerprint density at radius 2 is 2.50 bits per heavy atom. The fourth-order valence-corrected chi connectivity index (χ4v) is 2.93. The number of nitrogens with one attached hydrogen (secondary N) is 1. The van der Waals surface area contributed by atoms with Crippen molar-refractivity contribution < 1.29 is 4.79 Å². The van der Waals surface area contributed by atoms with Crippen LogP contribution in [0.15, 0.2) is 23.7 Å². The van der Waals surface area contributed by atoms with Crippen LogP contribution in [0.1, 0.15) is 22.8 Å². The molecule has 0 saturated heterocycles. The van der Waals surface area contributed by atoms with Crippen molar-refractivity contribution in [3.05, 3.63) is 34.2 Å². The van der Waals surface area contributed by atoms with E-state index < -0.39 is 0 Å². The number of carbonyl (C=O) groups excluding carboxylic acids is 1. The minimum atomic E-state index is 0.0644. The van der Waals surface area contributed by atoms with E-state index in [0.29, 0.717) is 6.42 Å². The van der Waals surface area contributed by atoms with Crippen molar-refractivity contribution in [3.8, 4) is 0 Å². The van der Waals surface area contributed by atoms with Gasteiger partial charge in [-0.15, -0.1) is 11.3 Å². The number of hydrogen-bond donors (Lipinski definition) is 1. The number of thiophene rings is 1. The van der Waals surface area contributed by atoms with E-state index in [4.69, 9.17) is 0 Å². The van der Waals surface area contributed by atoms with E-state index in [1.807, 2.05) is 24.7 Å². The molecule has 1 atom stereocenters. The molecule has 1 aliphatic rings. The highest BCUT2D eigenvalue weighted by Crippen LogP contribution is 2.38. The summed E-state index contributed by atoms with van der Waals surface area (Å²) < 4.78 is 1.72. The van der Waals surface area contributed by atoms with E-state index in [1.54, 1.807) is 16.0 Å². The number of aromatic nitrogens is 2. The zero-order valence-corrected chi connectivity index (χ0v) is 9.62. The monoisotopic (exact) mass is 233 g/mol. The third kappa shape index (κ3) is 1.36. The van der Waals surface area contributed by atoms with Gasteiger partial charge in [0.2, 0.25) is 5.91 Å². The van der Waals surface area contributed by atoms with Gasteiger partial charge in [0, 0.05) is 29.8 Å². The Morgan fingerprint density at radius 1 is 1.62 bits per heavy atom. The molecule has 3 rings (SSSR count). The van der Waals surface area contributed by atoms with Crippen LogP contribution in [0, 0.1) is 0 Å². The average Bonchev–Trinajstić information content (AvgIpc) is 2.88. The Bertz CT molecular complexity index is 529. The maximum Gasteiger partial charge on any atom is 0.226 e. The Labute approximate surface area is 96.9 Å². The van der Waals surface area contributed by atoms with Crippen LogP contribution in [0.25, 0.3) is 0 Å². The summed E-state index contributed by atoms with van der Waals surface area (Å²) in [7, 11) is 1.84. The van der Waals surface area contributed by atoms with Gasteiger partial charge >= 0.3 is 0 Å². The Hall–Kier alpha value is -1.62. The largest absolute Gasteiger partial charge is 0.311 e. The zero-order chi connectivity index (χ0) is 11.1. The van der Waals surface area contributed by atoms with Crippen molar-refractivity contribution in [2.45, 2.75) is 12.3 Å². The number of hydrogen-bond acceptors (Lipinski definition) is 3. The molecule has 3 heterocycles. The van der Waals surface area contributed by atoms with E-state index in [-0.39, 0.29) is 11.8 Å². The molecule has 0 spiro atoms. The molecule has 0 saturated carbocycles. The van der Waals surface area contributed by atoms with E-state index in [9.17, 15) is 4.79 Å². The summed E-state index contributed by atoms with van der Waals surface area (Å²) in [6.45, 7) is 0. The topological polar surface area (TPSA) is 46.9 Å². The molecule has 0 radical (unpaired) electrons. The van der Waals surface area contributed by atoms with Crippen LogP contribution in [-0.2, 0) is 11.8 Å². The number of fused-ring (bicyclic) bond motifs is 1. The lowest BCUT2D eigenvalue weighted by Gasteiger charge is -2.21. The summed E-state index contributed by atoms with van der Waals surface area (Å²) in [5.74, 6) is 1.06. The van der Waals surface area contributed by atoms with Crippen LogP contribution in [0.4, 0.5) is 5.82 Å². The molecular formula is C11H11N3OS. The normalized spacial score (nSPS) is 19.3. The third-order valence-electron chi connectivity index (χ3n) is 2.88. The molecule has 0 aromatic carbocycles. The van der Waals surface area contributed by atoms with Crippen LogP contribution in [-0.4, -0.2) is 15.7 Å². The smallest absolute Gasteiger partial charge is 0.226 e. The second-order valence-electron chi connectivity index (χ2n) is 3.89. The van der Waals surface area contributed by atoms with Gasteiger partial charge in [-0.1, -0.05) is 6.07 Å². The first-order valence-corrected chi connectivity index (χ1v) is 5.99. The van der Waals surface area contributed by atoms with Gasteiger partial charge in [-0.05, 0) is 11.4 Å². The van der Waals surface area contributed by atoms with E-state index in [0.717, 1.165) is 11.4 Å². The zero-order valence-electron chi connectivity index (χ0n) is 8.80. The summed E-state index contributed by atoms with van der Waals surface area (Å²) in [6, 6.07) is 4.09. The number of aryl methyl sites for hydroxylation is 1. The first kappa shape index (κ1) is 9.59. The minimum absolute atomic E-state index is 0.0644. The summed E-state index contributed by atoms with van der Waals surface area (Å²) in [5.41, 5.74) is 1.12. The van der Waals surface area contributed by atoms with Gasteiger partial charge in [0.05, 0.1) is 6.20 Å². The SMILES string of the molecule is Cn1ncc2c1NC(=O)C[C@H]2c1cccs1. The second-order valence-corrected chi connectivity index (χ2v) is 4.87. The van der Waals surface area contributed by atoms with Crippen molar-refractivity contribution in [2.24, 2.45) is 7.05 Å². The first-order chi connectivity index (χ1) is 7.75. The lowest BCUT2D eigenvalue weighted by atomic mass is 9.93. The molecule has 0 unspecified atom stereocenters. The Balaban J connectivity index is 2.11. The predicted molar refractivity (Wildman–Crippen MR) is 62.6 cm³/mol. The third-order valence-corrected chi connectivity index (χ3v) is 3.86. The van der Waals surface area contributed by atoms with Crippen LogP contribution in [0.5, 0.6) is 0 Å². The minimum Gasteiger partial charge on any atom is -0.311 e. The molecule has 82 valence electrons. The summed E-state index contributed by atoms with van der Waals surface area (Å²) in [6.07, 6.45) is 2.36. The highest BCUT2D eigenvalue weighted by atomic mass is 32.1.